The number of nitrogens with zero attached hydrogens (tertiary/aromatic N) is 4. The van der Waals surface area contributed by atoms with Crippen molar-refractivity contribution in [3.05, 3.63) is 59.5 Å². The largest absolute Gasteiger partial charge is 0.493 e. The number of hydrogen-bond donors (Lipinski definition) is 2. The molecule has 4 rings (SSSR count). The zero-order valence-electron chi connectivity index (χ0n) is 20.9. The van der Waals surface area contributed by atoms with Crippen molar-refractivity contribution in [2.24, 2.45) is 7.05 Å². The molecule has 1 fully saturated rings. The van der Waals surface area contributed by atoms with Crippen molar-refractivity contribution in [3.8, 4) is 16.9 Å². The quantitative estimate of drug-likeness (QED) is 0.435. The van der Waals surface area contributed by atoms with E-state index in [0.717, 1.165) is 60.1 Å². The third-order valence-electron chi connectivity index (χ3n) is 6.29. The van der Waals surface area contributed by atoms with Crippen LogP contribution in [0.4, 0.5) is 5.82 Å². The molecule has 0 spiro atoms. The van der Waals surface area contributed by atoms with E-state index < -0.39 is 11.9 Å². The van der Waals surface area contributed by atoms with Crippen molar-refractivity contribution in [2.75, 3.05) is 51.3 Å². The van der Waals surface area contributed by atoms with Gasteiger partial charge in [-0.3, -0.25) is 14.3 Å². The SMILES string of the molecule is COC(=O)CNC(=O)c1nn(C)c(C)c1CCOc1ccccc1-c1ccnc(N2CCNCC2)c1. The first-order chi connectivity index (χ1) is 17.5. The Balaban J connectivity index is 1.47. The number of methoxy groups -OCH3 is 1. The minimum atomic E-state index is -0.520. The molecule has 0 saturated carbocycles. The molecule has 36 heavy (non-hydrogen) atoms. The van der Waals surface area contributed by atoms with Gasteiger partial charge in [0.2, 0.25) is 0 Å². The van der Waals surface area contributed by atoms with Gasteiger partial charge in [-0.05, 0) is 30.7 Å². The number of aryl methyl sites for hydroxylation is 1. The molecule has 0 unspecified atom stereocenters. The van der Waals surface area contributed by atoms with Gasteiger partial charge in [0.25, 0.3) is 5.91 Å². The average Bonchev–Trinajstić information content (AvgIpc) is 3.21. The molecule has 190 valence electrons. The standard InChI is InChI=1S/C26H32N6O4/c1-18-20(25(30-31(18)2)26(34)29-17-24(33)35-3)9-15-36-22-7-5-4-6-21(22)19-8-10-28-23(16-19)32-13-11-27-12-14-32/h4-8,10,16,27H,9,11-15,17H2,1-3H3,(H,29,34). The zero-order chi connectivity index (χ0) is 25.5. The van der Waals surface area contributed by atoms with Crippen LogP contribution in [0, 0.1) is 6.92 Å². The summed E-state index contributed by atoms with van der Waals surface area (Å²) >= 11 is 0. The molecule has 1 amide bonds. The molecule has 0 bridgehead atoms. The van der Waals surface area contributed by atoms with Gasteiger partial charge >= 0.3 is 5.97 Å². The first-order valence-electron chi connectivity index (χ1n) is 12.0. The van der Waals surface area contributed by atoms with Crippen LogP contribution in [0.3, 0.4) is 0 Å². The van der Waals surface area contributed by atoms with Gasteiger partial charge in [-0.25, -0.2) is 4.98 Å². The van der Waals surface area contributed by atoms with Crippen LogP contribution in [0.5, 0.6) is 5.75 Å². The maximum absolute atomic E-state index is 12.6. The van der Waals surface area contributed by atoms with Crippen molar-refractivity contribution in [1.82, 2.24) is 25.4 Å². The number of ether oxygens (including phenoxy) is 2. The predicted octanol–water partition coefficient (Wildman–Crippen LogP) is 1.72. The van der Waals surface area contributed by atoms with Crippen LogP contribution in [0.2, 0.25) is 0 Å². The van der Waals surface area contributed by atoms with Crippen LogP contribution in [0.25, 0.3) is 11.1 Å². The maximum Gasteiger partial charge on any atom is 0.325 e. The second-order valence-corrected chi connectivity index (χ2v) is 8.53. The van der Waals surface area contributed by atoms with Gasteiger partial charge in [-0.1, -0.05) is 18.2 Å². The van der Waals surface area contributed by atoms with Gasteiger partial charge in [-0.2, -0.15) is 5.10 Å². The van der Waals surface area contributed by atoms with Crippen molar-refractivity contribution < 1.29 is 19.1 Å². The third-order valence-corrected chi connectivity index (χ3v) is 6.29. The lowest BCUT2D eigenvalue weighted by molar-refractivity contribution is -0.139. The lowest BCUT2D eigenvalue weighted by Gasteiger charge is -2.28. The summed E-state index contributed by atoms with van der Waals surface area (Å²) in [5, 5.41) is 10.3. The highest BCUT2D eigenvalue weighted by Gasteiger charge is 2.20. The number of benzene rings is 1. The fraction of sp³-hybridized carbons (Fsp3) is 0.385. The molecule has 3 aromatic rings. The van der Waals surface area contributed by atoms with Crippen molar-refractivity contribution in [2.45, 2.75) is 13.3 Å². The monoisotopic (exact) mass is 492 g/mol. The van der Waals surface area contributed by atoms with E-state index in [9.17, 15) is 9.59 Å². The first-order valence-corrected chi connectivity index (χ1v) is 12.0. The minimum Gasteiger partial charge on any atom is -0.493 e. The number of nitrogens with one attached hydrogen (secondary N) is 2. The molecule has 10 heteroatoms. The molecule has 3 heterocycles. The molecule has 0 aliphatic carbocycles. The molecular formula is C26H32N6O4. The van der Waals surface area contributed by atoms with Crippen LogP contribution in [-0.4, -0.2) is 73.1 Å². The highest BCUT2D eigenvalue weighted by Crippen LogP contribution is 2.31. The summed E-state index contributed by atoms with van der Waals surface area (Å²) in [4.78, 5) is 30.9. The fourth-order valence-corrected chi connectivity index (χ4v) is 4.19. The predicted molar refractivity (Wildman–Crippen MR) is 136 cm³/mol. The molecule has 2 N–H and O–H groups in total. The van der Waals surface area contributed by atoms with Crippen LogP contribution in [0.1, 0.15) is 21.7 Å². The molecule has 1 aliphatic rings. The Morgan fingerprint density at radius 3 is 2.72 bits per heavy atom. The summed E-state index contributed by atoms with van der Waals surface area (Å²) < 4.78 is 12.5. The lowest BCUT2D eigenvalue weighted by atomic mass is 10.1. The van der Waals surface area contributed by atoms with Gasteiger partial charge in [0.15, 0.2) is 5.69 Å². The Hall–Kier alpha value is -3.92. The van der Waals surface area contributed by atoms with Crippen LogP contribution in [0.15, 0.2) is 42.6 Å². The number of hydrogen-bond acceptors (Lipinski definition) is 8. The number of carbonyl (C=O) groups excluding carboxylic acids is 2. The fourth-order valence-electron chi connectivity index (χ4n) is 4.19. The molecular weight excluding hydrogens is 460 g/mol. The van der Waals surface area contributed by atoms with Crippen LogP contribution < -0.4 is 20.3 Å². The van der Waals surface area contributed by atoms with E-state index in [1.165, 1.54) is 7.11 Å². The highest BCUT2D eigenvalue weighted by atomic mass is 16.5. The first kappa shape index (κ1) is 25.2. The number of pyridine rings is 1. The Kier molecular flexibility index (Phi) is 8.17. The van der Waals surface area contributed by atoms with Crippen molar-refractivity contribution in [3.63, 3.8) is 0 Å². The second-order valence-electron chi connectivity index (χ2n) is 8.53. The molecule has 0 radical (unpaired) electrons. The topological polar surface area (TPSA) is 111 Å². The summed E-state index contributed by atoms with van der Waals surface area (Å²) in [6, 6.07) is 12.0. The number of amides is 1. The Labute approximate surface area is 210 Å². The number of rotatable bonds is 9. The van der Waals surface area contributed by atoms with Gasteiger partial charge in [0, 0.05) is 62.7 Å². The average molecular weight is 493 g/mol. The van der Waals surface area contributed by atoms with Gasteiger partial charge in [0.05, 0.1) is 13.7 Å². The number of carbonyl (C=O) groups is 2. The van der Waals surface area contributed by atoms with Crippen molar-refractivity contribution >= 4 is 17.7 Å². The lowest BCUT2D eigenvalue weighted by Crippen LogP contribution is -2.43. The molecule has 2 aromatic heterocycles. The normalized spacial score (nSPS) is 13.4. The molecule has 0 atom stereocenters. The van der Waals surface area contributed by atoms with Gasteiger partial charge in [0.1, 0.15) is 18.1 Å². The maximum atomic E-state index is 12.6. The highest BCUT2D eigenvalue weighted by molar-refractivity contribution is 5.95. The number of esters is 1. The summed E-state index contributed by atoms with van der Waals surface area (Å²) in [6.45, 7) is 5.79. The number of para-hydroxylation sites is 1. The minimum absolute atomic E-state index is 0.212. The van der Waals surface area contributed by atoms with Crippen molar-refractivity contribution in [1.29, 1.82) is 0 Å². The van der Waals surface area contributed by atoms with Crippen LogP contribution >= 0.6 is 0 Å². The molecule has 10 nitrogen and oxygen atoms in total. The summed E-state index contributed by atoms with van der Waals surface area (Å²) in [6.07, 6.45) is 2.32. The van der Waals surface area contributed by atoms with Gasteiger partial charge in [-0.15, -0.1) is 0 Å². The number of anilines is 1. The number of aromatic nitrogens is 3. The third kappa shape index (κ3) is 5.83. The van der Waals surface area contributed by atoms with E-state index in [0.29, 0.717) is 13.0 Å². The van der Waals surface area contributed by atoms with E-state index in [-0.39, 0.29) is 12.2 Å². The van der Waals surface area contributed by atoms with E-state index in [2.05, 4.69) is 36.4 Å². The summed E-state index contributed by atoms with van der Waals surface area (Å²) in [7, 11) is 3.06. The van der Waals surface area contributed by atoms with Crippen LogP contribution in [-0.2, 0) is 23.0 Å². The Morgan fingerprint density at radius 2 is 1.94 bits per heavy atom. The summed E-state index contributed by atoms with van der Waals surface area (Å²) in [5.74, 6) is 0.774. The van der Waals surface area contributed by atoms with Gasteiger partial charge < -0.3 is 25.0 Å². The summed E-state index contributed by atoms with van der Waals surface area (Å²) in [5.41, 5.74) is 3.95. The molecule has 1 aromatic carbocycles. The van der Waals surface area contributed by atoms with E-state index in [4.69, 9.17) is 4.74 Å². The smallest absolute Gasteiger partial charge is 0.325 e. The van der Waals surface area contributed by atoms with E-state index in [1.54, 1.807) is 11.7 Å². The molecule has 1 saturated heterocycles. The Morgan fingerprint density at radius 1 is 1.17 bits per heavy atom. The zero-order valence-corrected chi connectivity index (χ0v) is 20.9. The Bertz CT molecular complexity index is 1220. The number of piperazine rings is 1. The second kappa shape index (κ2) is 11.7. The molecule has 1 aliphatic heterocycles. The van der Waals surface area contributed by atoms with E-state index >= 15 is 0 Å². The van der Waals surface area contributed by atoms with E-state index in [1.807, 2.05) is 43.5 Å².